The van der Waals surface area contributed by atoms with Crippen molar-refractivity contribution in [2.75, 3.05) is 7.11 Å². The van der Waals surface area contributed by atoms with E-state index >= 15 is 0 Å². The van der Waals surface area contributed by atoms with E-state index in [2.05, 4.69) is 34.6 Å². The van der Waals surface area contributed by atoms with E-state index in [9.17, 15) is 0 Å². The highest BCUT2D eigenvalue weighted by atomic mass is 35.5. The van der Waals surface area contributed by atoms with Gasteiger partial charge in [0, 0.05) is 24.3 Å². The molecule has 0 fully saturated rings. The lowest BCUT2D eigenvalue weighted by Gasteiger charge is -2.18. The molecule has 2 unspecified atom stereocenters. The standard InChI is InChI=1S/C16H17ClN2O/c1-20-16-12(6-4-8-18-16)10-19-15-13-7-3-2-5-11(13)9-14(15)17/h2-8,14-15,19H,9-10H2,1H3. The highest BCUT2D eigenvalue weighted by Crippen LogP contribution is 2.35. The van der Waals surface area contributed by atoms with Gasteiger partial charge in [0.1, 0.15) is 0 Å². The number of fused-ring (bicyclic) bond motifs is 1. The van der Waals surface area contributed by atoms with E-state index in [-0.39, 0.29) is 11.4 Å². The van der Waals surface area contributed by atoms with E-state index in [0.29, 0.717) is 12.4 Å². The Hall–Kier alpha value is -1.58. The predicted octanol–water partition coefficient (Wildman–Crippen LogP) is 3.08. The number of nitrogens with zero attached hydrogens (tertiary/aromatic N) is 1. The van der Waals surface area contributed by atoms with Gasteiger partial charge in [-0.15, -0.1) is 11.6 Å². The van der Waals surface area contributed by atoms with Crippen LogP contribution in [0.4, 0.5) is 0 Å². The molecule has 0 spiro atoms. The first-order valence-corrected chi connectivity index (χ1v) is 7.16. The molecule has 20 heavy (non-hydrogen) atoms. The molecule has 3 rings (SSSR count). The molecule has 1 N–H and O–H groups in total. The van der Waals surface area contributed by atoms with Gasteiger partial charge in [0.15, 0.2) is 0 Å². The third-order valence-corrected chi connectivity index (χ3v) is 4.13. The molecule has 0 amide bonds. The van der Waals surface area contributed by atoms with E-state index in [0.717, 1.165) is 12.0 Å². The Kier molecular flexibility index (Phi) is 3.90. The Morgan fingerprint density at radius 3 is 3.00 bits per heavy atom. The summed E-state index contributed by atoms with van der Waals surface area (Å²) in [4.78, 5) is 4.21. The molecule has 1 heterocycles. The number of aromatic nitrogens is 1. The van der Waals surface area contributed by atoms with Gasteiger partial charge in [-0.2, -0.15) is 0 Å². The molecule has 2 aromatic rings. The lowest BCUT2D eigenvalue weighted by molar-refractivity contribution is 0.388. The summed E-state index contributed by atoms with van der Waals surface area (Å²) in [5, 5.41) is 3.62. The molecule has 2 atom stereocenters. The molecule has 1 aliphatic rings. The first-order chi connectivity index (χ1) is 9.79. The highest BCUT2D eigenvalue weighted by molar-refractivity contribution is 6.21. The van der Waals surface area contributed by atoms with Crippen LogP contribution in [-0.2, 0) is 13.0 Å². The molecule has 4 heteroatoms. The predicted molar refractivity (Wildman–Crippen MR) is 80.2 cm³/mol. The van der Waals surface area contributed by atoms with Crippen LogP contribution >= 0.6 is 11.6 Å². The van der Waals surface area contributed by atoms with Crippen LogP contribution in [0.25, 0.3) is 0 Å². The summed E-state index contributed by atoms with van der Waals surface area (Å²) in [6, 6.07) is 12.5. The minimum Gasteiger partial charge on any atom is -0.481 e. The van der Waals surface area contributed by atoms with Gasteiger partial charge in [0.25, 0.3) is 0 Å². The zero-order chi connectivity index (χ0) is 13.9. The van der Waals surface area contributed by atoms with Gasteiger partial charge >= 0.3 is 0 Å². The fourth-order valence-electron chi connectivity index (χ4n) is 2.75. The van der Waals surface area contributed by atoms with Crippen LogP contribution in [0.3, 0.4) is 0 Å². The molecule has 1 aliphatic carbocycles. The molecule has 0 radical (unpaired) electrons. The summed E-state index contributed by atoms with van der Waals surface area (Å²) >= 11 is 6.47. The second kappa shape index (κ2) is 5.81. The van der Waals surface area contributed by atoms with Crippen molar-refractivity contribution in [1.29, 1.82) is 0 Å². The Labute approximate surface area is 123 Å². The number of benzene rings is 1. The van der Waals surface area contributed by atoms with Crippen LogP contribution in [0.2, 0.25) is 0 Å². The van der Waals surface area contributed by atoms with Crippen molar-refractivity contribution in [1.82, 2.24) is 10.3 Å². The number of pyridine rings is 1. The topological polar surface area (TPSA) is 34.1 Å². The zero-order valence-corrected chi connectivity index (χ0v) is 12.1. The first-order valence-electron chi connectivity index (χ1n) is 6.72. The maximum atomic E-state index is 6.47. The van der Waals surface area contributed by atoms with E-state index in [4.69, 9.17) is 16.3 Å². The van der Waals surface area contributed by atoms with Crippen molar-refractivity contribution in [2.24, 2.45) is 0 Å². The number of halogens is 1. The molecule has 104 valence electrons. The smallest absolute Gasteiger partial charge is 0.217 e. The summed E-state index contributed by atoms with van der Waals surface area (Å²) in [5.41, 5.74) is 3.68. The monoisotopic (exact) mass is 288 g/mol. The van der Waals surface area contributed by atoms with Gasteiger partial charge in [0.2, 0.25) is 5.88 Å². The highest BCUT2D eigenvalue weighted by Gasteiger charge is 2.30. The molecule has 1 aromatic heterocycles. The zero-order valence-electron chi connectivity index (χ0n) is 11.3. The average Bonchev–Trinajstić information content (AvgIpc) is 2.81. The number of nitrogens with one attached hydrogen (secondary N) is 1. The Bertz CT molecular complexity index is 603. The quantitative estimate of drug-likeness (QED) is 0.878. The molecular formula is C16H17ClN2O. The van der Waals surface area contributed by atoms with Crippen LogP contribution in [0.15, 0.2) is 42.6 Å². The summed E-state index contributed by atoms with van der Waals surface area (Å²) in [5.74, 6) is 0.664. The second-order valence-electron chi connectivity index (χ2n) is 4.95. The minimum absolute atomic E-state index is 0.0927. The Morgan fingerprint density at radius 2 is 2.15 bits per heavy atom. The molecule has 0 saturated heterocycles. The number of rotatable bonds is 4. The third kappa shape index (κ3) is 2.51. The third-order valence-electron chi connectivity index (χ3n) is 3.72. The van der Waals surface area contributed by atoms with Gasteiger partial charge in [-0.3, -0.25) is 0 Å². The number of hydrogen-bond donors (Lipinski definition) is 1. The molecular weight excluding hydrogens is 272 g/mol. The van der Waals surface area contributed by atoms with E-state index in [1.54, 1.807) is 13.3 Å². The SMILES string of the molecule is COc1ncccc1CNC1c2ccccc2CC1Cl. The maximum absolute atomic E-state index is 6.47. The van der Waals surface area contributed by atoms with E-state index in [1.807, 2.05) is 12.1 Å². The summed E-state index contributed by atoms with van der Waals surface area (Å²) in [6.45, 7) is 0.694. The maximum Gasteiger partial charge on any atom is 0.217 e. The summed E-state index contributed by atoms with van der Waals surface area (Å²) in [6.07, 6.45) is 2.65. The van der Waals surface area contributed by atoms with Crippen LogP contribution < -0.4 is 10.1 Å². The molecule has 0 bridgehead atoms. The molecule has 3 nitrogen and oxygen atoms in total. The minimum atomic E-state index is 0.0927. The second-order valence-corrected chi connectivity index (χ2v) is 5.51. The fourth-order valence-corrected chi connectivity index (χ4v) is 3.14. The average molecular weight is 289 g/mol. The van der Waals surface area contributed by atoms with Crippen molar-refractivity contribution in [3.05, 3.63) is 59.3 Å². The Morgan fingerprint density at radius 1 is 1.30 bits per heavy atom. The van der Waals surface area contributed by atoms with Gasteiger partial charge in [-0.1, -0.05) is 30.3 Å². The number of methoxy groups -OCH3 is 1. The van der Waals surface area contributed by atoms with Crippen molar-refractivity contribution in [2.45, 2.75) is 24.4 Å². The van der Waals surface area contributed by atoms with Crippen molar-refractivity contribution < 1.29 is 4.74 Å². The van der Waals surface area contributed by atoms with Crippen molar-refractivity contribution >= 4 is 11.6 Å². The van der Waals surface area contributed by atoms with Crippen LogP contribution in [0, 0.1) is 0 Å². The van der Waals surface area contributed by atoms with Gasteiger partial charge in [-0.05, 0) is 23.6 Å². The fraction of sp³-hybridized carbons (Fsp3) is 0.312. The van der Waals surface area contributed by atoms with Crippen molar-refractivity contribution in [3.63, 3.8) is 0 Å². The molecule has 0 aliphatic heterocycles. The van der Waals surface area contributed by atoms with Gasteiger partial charge in [-0.25, -0.2) is 4.98 Å². The number of hydrogen-bond acceptors (Lipinski definition) is 3. The lowest BCUT2D eigenvalue weighted by atomic mass is 10.1. The summed E-state index contributed by atoms with van der Waals surface area (Å²) in [7, 11) is 1.64. The Balaban J connectivity index is 1.76. The molecule has 1 aromatic carbocycles. The van der Waals surface area contributed by atoms with Gasteiger partial charge in [0.05, 0.1) is 12.5 Å². The first kappa shape index (κ1) is 13.4. The molecule has 0 saturated carbocycles. The van der Waals surface area contributed by atoms with E-state index < -0.39 is 0 Å². The van der Waals surface area contributed by atoms with Crippen LogP contribution in [0.1, 0.15) is 22.7 Å². The summed E-state index contributed by atoms with van der Waals surface area (Å²) < 4.78 is 5.27. The normalized spacial score (nSPS) is 20.7. The largest absolute Gasteiger partial charge is 0.481 e. The number of ether oxygens (including phenoxy) is 1. The van der Waals surface area contributed by atoms with Crippen LogP contribution in [-0.4, -0.2) is 17.5 Å². The van der Waals surface area contributed by atoms with E-state index in [1.165, 1.54) is 11.1 Å². The van der Waals surface area contributed by atoms with Crippen LogP contribution in [0.5, 0.6) is 5.88 Å². The van der Waals surface area contributed by atoms with Crippen molar-refractivity contribution in [3.8, 4) is 5.88 Å². The number of alkyl halides is 1. The van der Waals surface area contributed by atoms with Gasteiger partial charge < -0.3 is 10.1 Å². The lowest BCUT2D eigenvalue weighted by Crippen LogP contribution is -2.25.